The molecule has 1 aromatic heterocycles. The summed E-state index contributed by atoms with van der Waals surface area (Å²) in [5, 5.41) is 0.522. The number of amides is 1. The van der Waals surface area contributed by atoms with E-state index in [0.29, 0.717) is 41.0 Å². The lowest BCUT2D eigenvalue weighted by Gasteiger charge is -2.25. The molecule has 0 saturated heterocycles. The first-order chi connectivity index (χ1) is 17.3. The summed E-state index contributed by atoms with van der Waals surface area (Å²) in [5.41, 5.74) is 4.33. The molecule has 184 valence electrons. The Balaban J connectivity index is 1.62. The average molecular weight is 548 g/mol. The van der Waals surface area contributed by atoms with Gasteiger partial charge in [0.25, 0.3) is 5.91 Å². The van der Waals surface area contributed by atoms with Crippen molar-refractivity contribution in [1.82, 2.24) is 4.90 Å². The van der Waals surface area contributed by atoms with E-state index in [1.807, 2.05) is 68.4 Å². The van der Waals surface area contributed by atoms with Gasteiger partial charge < -0.3 is 18.8 Å². The van der Waals surface area contributed by atoms with Crippen molar-refractivity contribution >= 4 is 32.8 Å². The molecule has 0 saturated carbocycles. The van der Waals surface area contributed by atoms with Crippen LogP contribution in [0.2, 0.25) is 0 Å². The summed E-state index contributed by atoms with van der Waals surface area (Å²) in [5.74, 6) is 1.11. The van der Waals surface area contributed by atoms with Gasteiger partial charge in [0.05, 0.1) is 31.2 Å². The molecule has 4 aromatic rings. The number of rotatable bonds is 6. The number of nitrogens with zero attached hydrogens (tertiary/aromatic N) is 1. The summed E-state index contributed by atoms with van der Waals surface area (Å²) in [7, 11) is 3.19. The topological polar surface area (TPSA) is 69.0 Å². The molecule has 1 amide bonds. The van der Waals surface area contributed by atoms with Gasteiger partial charge in [-0.3, -0.25) is 9.59 Å². The van der Waals surface area contributed by atoms with Gasteiger partial charge in [-0.15, -0.1) is 0 Å². The van der Waals surface area contributed by atoms with Crippen LogP contribution >= 0.6 is 15.9 Å². The Labute approximate surface area is 217 Å². The quantitative estimate of drug-likeness (QED) is 0.297. The van der Waals surface area contributed by atoms with Crippen LogP contribution < -0.4 is 14.9 Å². The highest BCUT2D eigenvalue weighted by Crippen LogP contribution is 2.39. The third-order valence-corrected chi connectivity index (χ3v) is 7.16. The van der Waals surface area contributed by atoms with Gasteiger partial charge in [-0.1, -0.05) is 40.2 Å². The number of benzene rings is 3. The first-order valence-corrected chi connectivity index (χ1v) is 12.5. The van der Waals surface area contributed by atoms with Crippen molar-refractivity contribution in [1.29, 1.82) is 0 Å². The number of methoxy groups -OCH3 is 2. The highest BCUT2D eigenvalue weighted by atomic mass is 79.9. The van der Waals surface area contributed by atoms with E-state index in [4.69, 9.17) is 13.9 Å². The van der Waals surface area contributed by atoms with Crippen LogP contribution in [0.3, 0.4) is 0 Å². The molecule has 1 aliphatic rings. The zero-order valence-electron chi connectivity index (χ0n) is 20.6. The summed E-state index contributed by atoms with van der Waals surface area (Å²) in [4.78, 5) is 29.3. The lowest BCUT2D eigenvalue weighted by Crippen LogP contribution is -2.31. The van der Waals surface area contributed by atoms with E-state index in [-0.39, 0.29) is 17.1 Å². The lowest BCUT2D eigenvalue weighted by atomic mass is 9.97. The molecule has 2 heterocycles. The minimum atomic E-state index is -0.550. The van der Waals surface area contributed by atoms with Gasteiger partial charge >= 0.3 is 0 Å². The molecular weight excluding hydrogens is 522 g/mol. The highest BCUT2D eigenvalue weighted by molar-refractivity contribution is 9.10. The molecule has 0 fully saturated rings. The van der Waals surface area contributed by atoms with Gasteiger partial charge in [0.1, 0.15) is 5.58 Å². The zero-order chi connectivity index (χ0) is 25.6. The van der Waals surface area contributed by atoms with Crippen molar-refractivity contribution in [2.75, 3.05) is 20.8 Å². The van der Waals surface area contributed by atoms with E-state index in [1.165, 1.54) is 0 Å². The molecule has 5 rings (SSSR count). The van der Waals surface area contributed by atoms with Crippen LogP contribution in [0.1, 0.15) is 44.4 Å². The van der Waals surface area contributed by atoms with Crippen LogP contribution in [0.4, 0.5) is 0 Å². The molecular formula is C29H26BrNO5. The Hall–Kier alpha value is -3.58. The van der Waals surface area contributed by atoms with Gasteiger partial charge in [0.2, 0.25) is 5.76 Å². The molecule has 36 heavy (non-hydrogen) atoms. The summed E-state index contributed by atoms with van der Waals surface area (Å²) >= 11 is 3.54. The molecule has 0 aliphatic carbocycles. The van der Waals surface area contributed by atoms with Gasteiger partial charge in [-0.05, 0) is 72.9 Å². The molecule has 0 radical (unpaired) electrons. The number of aryl methyl sites for hydroxylation is 2. The maximum Gasteiger partial charge on any atom is 0.290 e. The molecule has 0 N–H and O–H groups in total. The molecule has 1 aliphatic heterocycles. The lowest BCUT2D eigenvalue weighted by molar-refractivity contribution is 0.0730. The van der Waals surface area contributed by atoms with Crippen molar-refractivity contribution < 1.29 is 18.7 Å². The predicted octanol–water partition coefficient (Wildman–Crippen LogP) is 5.98. The SMILES string of the molecule is COc1ccc(CCN2C(=O)c3oc4cc(C)cc(C)c4c(=O)c3C2c2cccc(Br)c2)cc1OC. The van der Waals surface area contributed by atoms with Gasteiger partial charge in [0, 0.05) is 11.0 Å². The zero-order valence-corrected chi connectivity index (χ0v) is 22.1. The normalized spacial score (nSPS) is 14.9. The molecule has 1 unspecified atom stereocenters. The van der Waals surface area contributed by atoms with E-state index in [9.17, 15) is 9.59 Å². The first-order valence-electron chi connectivity index (χ1n) is 11.7. The third kappa shape index (κ3) is 4.07. The Morgan fingerprint density at radius 3 is 2.47 bits per heavy atom. The minimum Gasteiger partial charge on any atom is -0.493 e. The summed E-state index contributed by atoms with van der Waals surface area (Å²) in [6.45, 7) is 4.24. The number of halogens is 1. The van der Waals surface area contributed by atoms with Crippen molar-refractivity contribution in [2.24, 2.45) is 0 Å². The van der Waals surface area contributed by atoms with Crippen LogP contribution in [0, 0.1) is 13.8 Å². The van der Waals surface area contributed by atoms with Gasteiger partial charge in [-0.25, -0.2) is 0 Å². The van der Waals surface area contributed by atoms with E-state index in [1.54, 1.807) is 19.1 Å². The fourth-order valence-corrected chi connectivity index (χ4v) is 5.47. The molecule has 6 nitrogen and oxygen atoms in total. The molecule has 0 spiro atoms. The third-order valence-electron chi connectivity index (χ3n) is 6.67. The van der Waals surface area contributed by atoms with E-state index >= 15 is 0 Å². The number of fused-ring (bicyclic) bond motifs is 2. The van der Waals surface area contributed by atoms with E-state index < -0.39 is 6.04 Å². The van der Waals surface area contributed by atoms with E-state index in [0.717, 1.165) is 26.7 Å². The number of carbonyl (C=O) groups excluding carboxylic acids is 1. The summed E-state index contributed by atoms with van der Waals surface area (Å²) < 4.78 is 17.8. The van der Waals surface area contributed by atoms with Crippen molar-refractivity contribution in [2.45, 2.75) is 26.3 Å². The summed E-state index contributed by atoms with van der Waals surface area (Å²) in [6, 6.07) is 16.7. The largest absolute Gasteiger partial charge is 0.493 e. The molecule has 7 heteroatoms. The van der Waals surface area contributed by atoms with Crippen LogP contribution in [0.5, 0.6) is 11.5 Å². The van der Waals surface area contributed by atoms with Crippen LogP contribution in [-0.2, 0) is 6.42 Å². The maximum absolute atomic E-state index is 13.9. The second kappa shape index (κ2) is 9.47. The Morgan fingerprint density at radius 1 is 0.972 bits per heavy atom. The number of hydrogen-bond acceptors (Lipinski definition) is 5. The maximum atomic E-state index is 13.9. The Kier molecular flexibility index (Phi) is 6.35. The highest BCUT2D eigenvalue weighted by Gasteiger charge is 2.42. The number of hydrogen-bond donors (Lipinski definition) is 0. The molecule has 0 bridgehead atoms. The Morgan fingerprint density at radius 2 is 1.75 bits per heavy atom. The van der Waals surface area contributed by atoms with Crippen molar-refractivity contribution in [3.05, 3.63) is 103 Å². The predicted molar refractivity (Wildman–Crippen MR) is 142 cm³/mol. The smallest absolute Gasteiger partial charge is 0.290 e. The average Bonchev–Trinajstić information content (AvgIpc) is 3.13. The summed E-state index contributed by atoms with van der Waals surface area (Å²) in [6.07, 6.45) is 0.566. The van der Waals surface area contributed by atoms with Crippen molar-refractivity contribution in [3.8, 4) is 11.5 Å². The molecule has 3 aromatic carbocycles. The fraction of sp³-hybridized carbons (Fsp3) is 0.241. The minimum absolute atomic E-state index is 0.120. The van der Waals surface area contributed by atoms with Crippen molar-refractivity contribution in [3.63, 3.8) is 0 Å². The number of carbonyl (C=O) groups is 1. The number of ether oxygens (including phenoxy) is 2. The Bertz CT molecular complexity index is 1560. The van der Waals surface area contributed by atoms with Crippen LogP contribution in [-0.4, -0.2) is 31.6 Å². The van der Waals surface area contributed by atoms with Gasteiger partial charge in [-0.2, -0.15) is 0 Å². The van der Waals surface area contributed by atoms with E-state index in [2.05, 4.69) is 15.9 Å². The second-order valence-corrected chi connectivity index (χ2v) is 9.94. The second-order valence-electron chi connectivity index (χ2n) is 9.02. The first kappa shape index (κ1) is 24.1. The molecule has 1 atom stereocenters. The standard InChI is InChI=1S/C29H26BrNO5/c1-16-12-17(2)24-23(13-16)36-28-25(27(24)32)26(19-6-5-7-20(30)15-19)31(29(28)33)11-10-18-8-9-21(34-3)22(14-18)35-4/h5-9,12-15,26H,10-11H2,1-4H3. The monoisotopic (exact) mass is 547 g/mol. The van der Waals surface area contributed by atoms with Crippen LogP contribution in [0.25, 0.3) is 11.0 Å². The van der Waals surface area contributed by atoms with Gasteiger partial charge in [0.15, 0.2) is 16.9 Å². The van der Waals surface area contributed by atoms with Crippen LogP contribution in [0.15, 0.2) is 68.3 Å². The fourth-order valence-electron chi connectivity index (χ4n) is 5.05.